The Morgan fingerprint density at radius 2 is 2.00 bits per heavy atom. The van der Waals surface area contributed by atoms with Gasteiger partial charge in [-0.3, -0.25) is 9.59 Å². The van der Waals surface area contributed by atoms with Crippen molar-refractivity contribution in [1.82, 2.24) is 25.2 Å². The fourth-order valence-electron chi connectivity index (χ4n) is 4.53. The quantitative estimate of drug-likeness (QED) is 0.865. The highest BCUT2D eigenvalue weighted by Crippen LogP contribution is 2.30. The number of hydrogen-bond donors (Lipinski definition) is 1. The van der Waals surface area contributed by atoms with Crippen molar-refractivity contribution >= 4 is 16.8 Å². The minimum Gasteiger partial charge on any atom is -0.356 e. The summed E-state index contributed by atoms with van der Waals surface area (Å²) in [5.74, 6) is 0.524. The molecule has 0 unspecified atom stereocenters. The standard InChI is InChI=1S/C20H27N5O2/c26-19(21-14-15-6-5-12-24-11-4-3-9-18(15)24)10-13-25-20(27)16-7-1-2-8-17(16)22-23-25/h1-2,7-8,15,18H,3-6,9-14H2,(H,21,26)/t15-,18+/m1/s1. The molecule has 1 amide bonds. The first-order chi connectivity index (χ1) is 13.2. The predicted molar refractivity (Wildman–Crippen MR) is 103 cm³/mol. The molecule has 1 aromatic carbocycles. The van der Waals surface area contributed by atoms with Gasteiger partial charge in [-0.2, -0.15) is 0 Å². The van der Waals surface area contributed by atoms with E-state index in [1.165, 1.54) is 49.9 Å². The van der Waals surface area contributed by atoms with Crippen LogP contribution in [-0.4, -0.2) is 51.5 Å². The lowest BCUT2D eigenvalue weighted by Gasteiger charge is -2.44. The van der Waals surface area contributed by atoms with Gasteiger partial charge in [-0.1, -0.05) is 23.8 Å². The highest BCUT2D eigenvalue weighted by Gasteiger charge is 2.32. The van der Waals surface area contributed by atoms with Crippen molar-refractivity contribution in [3.05, 3.63) is 34.6 Å². The van der Waals surface area contributed by atoms with E-state index in [4.69, 9.17) is 0 Å². The monoisotopic (exact) mass is 369 g/mol. The maximum Gasteiger partial charge on any atom is 0.277 e. The summed E-state index contributed by atoms with van der Waals surface area (Å²) >= 11 is 0. The Morgan fingerprint density at radius 3 is 2.93 bits per heavy atom. The third-order valence-corrected chi connectivity index (χ3v) is 5.97. The summed E-state index contributed by atoms with van der Waals surface area (Å²) in [5.41, 5.74) is 0.385. The van der Waals surface area contributed by atoms with Crippen molar-refractivity contribution in [2.24, 2.45) is 5.92 Å². The minimum atomic E-state index is -0.196. The van der Waals surface area contributed by atoms with Crippen molar-refractivity contribution < 1.29 is 4.79 Å². The van der Waals surface area contributed by atoms with E-state index in [0.29, 0.717) is 22.9 Å². The van der Waals surface area contributed by atoms with E-state index in [9.17, 15) is 9.59 Å². The van der Waals surface area contributed by atoms with Crippen LogP contribution in [0.4, 0.5) is 0 Å². The van der Waals surface area contributed by atoms with Gasteiger partial charge in [0.05, 0.1) is 11.9 Å². The molecule has 27 heavy (non-hydrogen) atoms. The summed E-state index contributed by atoms with van der Waals surface area (Å²) < 4.78 is 1.28. The molecule has 0 saturated carbocycles. The van der Waals surface area contributed by atoms with Gasteiger partial charge < -0.3 is 10.2 Å². The first-order valence-corrected chi connectivity index (χ1v) is 10.1. The molecule has 7 heteroatoms. The Kier molecular flexibility index (Phi) is 5.48. The van der Waals surface area contributed by atoms with Gasteiger partial charge >= 0.3 is 0 Å². The van der Waals surface area contributed by atoms with Crippen molar-refractivity contribution in [1.29, 1.82) is 0 Å². The first kappa shape index (κ1) is 18.1. The second kappa shape index (κ2) is 8.17. The molecule has 144 valence electrons. The number of nitrogens with one attached hydrogen (secondary N) is 1. The zero-order chi connectivity index (χ0) is 18.6. The molecule has 2 saturated heterocycles. The van der Waals surface area contributed by atoms with Crippen LogP contribution in [-0.2, 0) is 11.3 Å². The van der Waals surface area contributed by atoms with Crippen LogP contribution in [0.5, 0.6) is 0 Å². The number of amides is 1. The molecule has 1 aromatic heterocycles. The van der Waals surface area contributed by atoms with Crippen LogP contribution in [0.2, 0.25) is 0 Å². The molecule has 0 bridgehead atoms. The Labute approximate surface area is 158 Å². The Morgan fingerprint density at radius 1 is 1.15 bits per heavy atom. The molecule has 0 aliphatic carbocycles. The van der Waals surface area contributed by atoms with Gasteiger partial charge in [0.15, 0.2) is 0 Å². The predicted octanol–water partition coefficient (Wildman–Crippen LogP) is 1.56. The molecule has 2 fully saturated rings. The van der Waals surface area contributed by atoms with Crippen LogP contribution in [0.15, 0.2) is 29.1 Å². The number of carbonyl (C=O) groups excluding carboxylic acids is 1. The van der Waals surface area contributed by atoms with Gasteiger partial charge in [0.1, 0.15) is 5.52 Å². The molecule has 2 aromatic rings. The van der Waals surface area contributed by atoms with E-state index in [2.05, 4.69) is 20.5 Å². The number of nitrogens with zero attached hydrogens (tertiary/aromatic N) is 4. The summed E-state index contributed by atoms with van der Waals surface area (Å²) in [4.78, 5) is 27.3. The van der Waals surface area contributed by atoms with E-state index in [1.807, 2.05) is 6.07 Å². The van der Waals surface area contributed by atoms with Crippen LogP contribution in [0.1, 0.15) is 38.5 Å². The number of benzene rings is 1. The topological polar surface area (TPSA) is 80.1 Å². The van der Waals surface area contributed by atoms with E-state index in [1.54, 1.807) is 18.2 Å². The normalized spacial score (nSPS) is 23.1. The third kappa shape index (κ3) is 4.03. The average Bonchev–Trinajstić information content (AvgIpc) is 2.72. The second-order valence-corrected chi connectivity index (χ2v) is 7.69. The molecule has 4 rings (SSSR count). The number of fused-ring (bicyclic) bond motifs is 2. The lowest BCUT2D eigenvalue weighted by atomic mass is 9.83. The molecule has 1 N–H and O–H groups in total. The van der Waals surface area contributed by atoms with Crippen molar-refractivity contribution in [3.63, 3.8) is 0 Å². The fraction of sp³-hybridized carbons (Fsp3) is 0.600. The van der Waals surface area contributed by atoms with Gasteiger partial charge in [0.25, 0.3) is 5.56 Å². The number of rotatable bonds is 5. The lowest BCUT2D eigenvalue weighted by Crippen LogP contribution is -2.51. The smallest absolute Gasteiger partial charge is 0.277 e. The molecule has 2 atom stereocenters. The Bertz CT molecular complexity index is 863. The second-order valence-electron chi connectivity index (χ2n) is 7.69. The SMILES string of the molecule is O=C(CCn1nnc2ccccc2c1=O)NC[C@H]1CCCN2CCCC[C@@H]12. The fourth-order valence-corrected chi connectivity index (χ4v) is 4.53. The van der Waals surface area contributed by atoms with E-state index in [-0.39, 0.29) is 24.4 Å². The Hall–Kier alpha value is -2.28. The highest BCUT2D eigenvalue weighted by molar-refractivity contribution is 5.77. The maximum atomic E-state index is 12.4. The molecule has 0 spiro atoms. The number of hydrogen-bond acceptors (Lipinski definition) is 5. The summed E-state index contributed by atoms with van der Waals surface area (Å²) in [6.45, 7) is 3.40. The van der Waals surface area contributed by atoms with Crippen LogP contribution >= 0.6 is 0 Å². The number of aryl methyl sites for hydroxylation is 1. The van der Waals surface area contributed by atoms with Crippen LogP contribution < -0.4 is 10.9 Å². The largest absolute Gasteiger partial charge is 0.356 e. The maximum absolute atomic E-state index is 12.4. The van der Waals surface area contributed by atoms with Crippen molar-refractivity contribution in [2.75, 3.05) is 19.6 Å². The third-order valence-electron chi connectivity index (χ3n) is 5.97. The molecule has 3 heterocycles. The van der Waals surface area contributed by atoms with Crippen LogP contribution in [0.3, 0.4) is 0 Å². The Balaban J connectivity index is 1.31. The van der Waals surface area contributed by atoms with Gasteiger partial charge in [0, 0.05) is 19.0 Å². The van der Waals surface area contributed by atoms with Crippen LogP contribution in [0.25, 0.3) is 10.9 Å². The van der Waals surface area contributed by atoms with Crippen molar-refractivity contribution in [2.45, 2.75) is 51.1 Å². The summed E-state index contributed by atoms with van der Waals surface area (Å²) in [7, 11) is 0. The number of aromatic nitrogens is 3. The van der Waals surface area contributed by atoms with E-state index in [0.717, 1.165) is 6.54 Å². The molecule has 2 aliphatic heterocycles. The summed E-state index contributed by atoms with van der Waals surface area (Å²) in [6, 6.07) is 7.76. The van der Waals surface area contributed by atoms with Gasteiger partial charge in [-0.05, 0) is 56.8 Å². The summed E-state index contributed by atoms with van der Waals surface area (Å²) in [5, 5.41) is 11.6. The average molecular weight is 369 g/mol. The summed E-state index contributed by atoms with van der Waals surface area (Å²) in [6.07, 6.45) is 6.51. The molecule has 2 aliphatic rings. The lowest BCUT2D eigenvalue weighted by molar-refractivity contribution is -0.121. The molecule has 0 radical (unpaired) electrons. The molecule has 7 nitrogen and oxygen atoms in total. The number of carbonyl (C=O) groups is 1. The molecular weight excluding hydrogens is 342 g/mol. The first-order valence-electron chi connectivity index (χ1n) is 10.1. The van der Waals surface area contributed by atoms with E-state index >= 15 is 0 Å². The highest BCUT2D eigenvalue weighted by atomic mass is 16.2. The zero-order valence-electron chi connectivity index (χ0n) is 15.6. The van der Waals surface area contributed by atoms with Gasteiger partial charge in [-0.15, -0.1) is 5.10 Å². The molecular formula is C20H27N5O2. The number of piperidine rings is 2. The minimum absolute atomic E-state index is 0.0233. The van der Waals surface area contributed by atoms with Crippen LogP contribution in [0, 0.1) is 5.92 Å². The van der Waals surface area contributed by atoms with Gasteiger partial charge in [-0.25, -0.2) is 4.68 Å². The van der Waals surface area contributed by atoms with E-state index < -0.39 is 0 Å². The van der Waals surface area contributed by atoms with Gasteiger partial charge in [0.2, 0.25) is 5.91 Å². The zero-order valence-corrected chi connectivity index (χ0v) is 15.6. The van der Waals surface area contributed by atoms with Crippen molar-refractivity contribution in [3.8, 4) is 0 Å².